The number of imidazole rings is 1. The fourth-order valence-corrected chi connectivity index (χ4v) is 3.04. The summed E-state index contributed by atoms with van der Waals surface area (Å²) >= 11 is 6.23. The van der Waals surface area contributed by atoms with Crippen LogP contribution < -0.4 is 11.3 Å². The predicted octanol–water partition coefficient (Wildman–Crippen LogP) is 3.39. The zero-order valence-electron chi connectivity index (χ0n) is 12.3. The van der Waals surface area contributed by atoms with E-state index in [9.17, 15) is 4.79 Å². The SMILES string of the molecule is Cc1cn2c(-c3ccc4c(=O)[nH]cc(Cl)c4c3)ccc(N)c2n1. The van der Waals surface area contributed by atoms with E-state index >= 15 is 0 Å². The zero-order valence-corrected chi connectivity index (χ0v) is 13.1. The van der Waals surface area contributed by atoms with Crippen LogP contribution in [0.15, 0.2) is 47.5 Å². The number of H-pyrrole nitrogens is 1. The number of pyridine rings is 2. The standard InChI is InChI=1S/C17H13ClN4O/c1-9-8-22-15(5-4-14(19)16(22)21-9)10-2-3-11-12(6-10)13(18)7-20-17(11)23/h2-8H,19H2,1H3,(H,20,23). The molecule has 0 aliphatic heterocycles. The number of aromatic amines is 1. The molecule has 6 heteroatoms. The van der Waals surface area contributed by atoms with Gasteiger partial charge in [-0.05, 0) is 36.8 Å². The molecule has 5 nitrogen and oxygen atoms in total. The summed E-state index contributed by atoms with van der Waals surface area (Å²) in [5.41, 5.74) is 9.95. The van der Waals surface area contributed by atoms with Crippen LogP contribution in [0, 0.1) is 6.92 Å². The van der Waals surface area contributed by atoms with E-state index in [0.717, 1.165) is 28.0 Å². The van der Waals surface area contributed by atoms with Crippen LogP contribution in [0.1, 0.15) is 5.69 Å². The molecule has 0 saturated heterocycles. The topological polar surface area (TPSA) is 76.2 Å². The van der Waals surface area contributed by atoms with Gasteiger partial charge in [0.15, 0.2) is 5.65 Å². The Kier molecular flexibility index (Phi) is 2.92. The Bertz CT molecular complexity index is 1130. The summed E-state index contributed by atoms with van der Waals surface area (Å²) in [4.78, 5) is 19.0. The summed E-state index contributed by atoms with van der Waals surface area (Å²) in [5, 5.41) is 1.79. The van der Waals surface area contributed by atoms with Crippen molar-refractivity contribution in [3.8, 4) is 11.3 Å². The molecule has 0 amide bonds. The quantitative estimate of drug-likeness (QED) is 0.563. The van der Waals surface area contributed by atoms with Gasteiger partial charge in [-0.3, -0.25) is 9.20 Å². The first-order valence-electron chi connectivity index (χ1n) is 7.10. The first-order chi connectivity index (χ1) is 11.0. The Balaban J connectivity index is 2.05. The smallest absolute Gasteiger partial charge is 0.255 e. The number of nitrogens with two attached hydrogens (primary N) is 1. The van der Waals surface area contributed by atoms with Crippen LogP contribution in [0.3, 0.4) is 0 Å². The van der Waals surface area contributed by atoms with Gasteiger partial charge in [0.25, 0.3) is 5.56 Å². The Morgan fingerprint density at radius 2 is 2.04 bits per heavy atom. The average Bonchev–Trinajstić information content (AvgIpc) is 2.94. The third-order valence-corrected chi connectivity index (χ3v) is 4.22. The van der Waals surface area contributed by atoms with Crippen LogP contribution in [-0.2, 0) is 0 Å². The van der Waals surface area contributed by atoms with Gasteiger partial charge in [0.05, 0.1) is 22.1 Å². The normalized spacial score (nSPS) is 11.4. The molecule has 0 radical (unpaired) electrons. The maximum atomic E-state index is 11.9. The first kappa shape index (κ1) is 13.8. The maximum absolute atomic E-state index is 11.9. The van der Waals surface area contributed by atoms with E-state index < -0.39 is 0 Å². The van der Waals surface area contributed by atoms with Gasteiger partial charge in [0.1, 0.15) is 0 Å². The van der Waals surface area contributed by atoms with Gasteiger partial charge >= 0.3 is 0 Å². The Morgan fingerprint density at radius 1 is 1.22 bits per heavy atom. The highest BCUT2D eigenvalue weighted by molar-refractivity contribution is 6.35. The number of nitrogen functional groups attached to an aromatic ring is 1. The van der Waals surface area contributed by atoms with Gasteiger partial charge in [-0.15, -0.1) is 0 Å². The maximum Gasteiger partial charge on any atom is 0.255 e. The Labute approximate surface area is 136 Å². The van der Waals surface area contributed by atoms with Gasteiger partial charge in [0, 0.05) is 23.2 Å². The predicted molar refractivity (Wildman–Crippen MR) is 92.9 cm³/mol. The molecule has 3 heterocycles. The first-order valence-corrected chi connectivity index (χ1v) is 7.48. The van der Waals surface area contributed by atoms with Crippen molar-refractivity contribution >= 4 is 33.7 Å². The molecule has 4 aromatic rings. The number of hydrogen-bond donors (Lipinski definition) is 2. The van der Waals surface area contributed by atoms with Crippen molar-refractivity contribution < 1.29 is 0 Å². The van der Waals surface area contributed by atoms with Gasteiger partial charge < -0.3 is 10.7 Å². The lowest BCUT2D eigenvalue weighted by atomic mass is 10.1. The van der Waals surface area contributed by atoms with Crippen molar-refractivity contribution in [1.82, 2.24) is 14.4 Å². The van der Waals surface area contributed by atoms with Gasteiger partial charge in [-0.25, -0.2) is 4.98 Å². The largest absolute Gasteiger partial charge is 0.396 e. The lowest BCUT2D eigenvalue weighted by Gasteiger charge is -2.09. The van der Waals surface area contributed by atoms with E-state index in [0.29, 0.717) is 16.1 Å². The summed E-state index contributed by atoms with van der Waals surface area (Å²) in [5.74, 6) is 0. The number of aromatic nitrogens is 3. The van der Waals surface area contributed by atoms with Crippen LogP contribution in [0.25, 0.3) is 27.7 Å². The Morgan fingerprint density at radius 3 is 2.87 bits per heavy atom. The highest BCUT2D eigenvalue weighted by Crippen LogP contribution is 2.29. The van der Waals surface area contributed by atoms with E-state index in [4.69, 9.17) is 17.3 Å². The average molecular weight is 325 g/mol. The lowest BCUT2D eigenvalue weighted by molar-refractivity contribution is 1.19. The molecule has 3 aromatic heterocycles. The molecule has 0 bridgehead atoms. The number of fused-ring (bicyclic) bond motifs is 2. The van der Waals surface area contributed by atoms with Crippen LogP contribution in [0.2, 0.25) is 5.02 Å². The van der Waals surface area contributed by atoms with E-state index in [2.05, 4.69) is 9.97 Å². The third kappa shape index (κ3) is 2.09. The third-order valence-electron chi connectivity index (χ3n) is 3.91. The van der Waals surface area contributed by atoms with Crippen molar-refractivity contribution in [2.45, 2.75) is 6.92 Å². The van der Waals surface area contributed by atoms with E-state index in [1.807, 2.05) is 41.8 Å². The van der Waals surface area contributed by atoms with E-state index in [1.54, 1.807) is 6.07 Å². The molecule has 0 spiro atoms. The molecule has 0 aliphatic rings. The number of halogens is 1. The number of anilines is 1. The summed E-state index contributed by atoms with van der Waals surface area (Å²) in [7, 11) is 0. The number of nitrogens with zero attached hydrogens (tertiary/aromatic N) is 2. The summed E-state index contributed by atoms with van der Waals surface area (Å²) in [6, 6.07) is 9.36. The number of hydrogen-bond acceptors (Lipinski definition) is 3. The number of benzene rings is 1. The van der Waals surface area contributed by atoms with Crippen LogP contribution in [0.4, 0.5) is 5.69 Å². The molecule has 3 N–H and O–H groups in total. The summed E-state index contributed by atoms with van der Waals surface area (Å²) in [6.45, 7) is 1.92. The molecule has 0 atom stereocenters. The molecular formula is C17H13ClN4O. The minimum Gasteiger partial charge on any atom is -0.396 e. The highest BCUT2D eigenvalue weighted by atomic mass is 35.5. The second-order valence-corrected chi connectivity index (χ2v) is 5.88. The van der Waals surface area contributed by atoms with Crippen LogP contribution in [-0.4, -0.2) is 14.4 Å². The number of aryl methyl sites for hydroxylation is 1. The van der Waals surface area contributed by atoms with E-state index in [-0.39, 0.29) is 5.56 Å². The van der Waals surface area contributed by atoms with Crippen molar-refractivity contribution in [2.24, 2.45) is 0 Å². The molecule has 0 fully saturated rings. The van der Waals surface area contributed by atoms with Crippen molar-refractivity contribution in [3.63, 3.8) is 0 Å². The minimum atomic E-state index is -0.156. The fourth-order valence-electron chi connectivity index (χ4n) is 2.83. The molecule has 23 heavy (non-hydrogen) atoms. The molecule has 0 saturated carbocycles. The number of rotatable bonds is 1. The lowest BCUT2D eigenvalue weighted by Crippen LogP contribution is -2.05. The monoisotopic (exact) mass is 324 g/mol. The molecule has 114 valence electrons. The van der Waals surface area contributed by atoms with Crippen molar-refractivity contribution in [3.05, 3.63) is 63.8 Å². The fraction of sp³-hybridized carbons (Fsp3) is 0.0588. The van der Waals surface area contributed by atoms with Gasteiger partial charge in [-0.1, -0.05) is 17.7 Å². The Hall–Kier alpha value is -2.79. The molecule has 4 rings (SSSR count). The van der Waals surface area contributed by atoms with E-state index in [1.165, 1.54) is 6.20 Å². The number of nitrogens with one attached hydrogen (secondary N) is 1. The van der Waals surface area contributed by atoms with Crippen molar-refractivity contribution in [1.29, 1.82) is 0 Å². The van der Waals surface area contributed by atoms with Crippen LogP contribution >= 0.6 is 11.6 Å². The molecule has 1 aromatic carbocycles. The van der Waals surface area contributed by atoms with Crippen LogP contribution in [0.5, 0.6) is 0 Å². The minimum absolute atomic E-state index is 0.156. The second kappa shape index (κ2) is 4.86. The molecular weight excluding hydrogens is 312 g/mol. The molecule has 0 aliphatic carbocycles. The van der Waals surface area contributed by atoms with Gasteiger partial charge in [-0.2, -0.15) is 0 Å². The zero-order chi connectivity index (χ0) is 16.1. The summed E-state index contributed by atoms with van der Waals surface area (Å²) < 4.78 is 1.95. The molecule has 0 unspecified atom stereocenters. The van der Waals surface area contributed by atoms with Gasteiger partial charge in [0.2, 0.25) is 0 Å². The summed E-state index contributed by atoms with van der Waals surface area (Å²) in [6.07, 6.45) is 3.45. The highest BCUT2D eigenvalue weighted by Gasteiger charge is 2.11. The second-order valence-electron chi connectivity index (χ2n) is 5.48. The van der Waals surface area contributed by atoms with Crippen molar-refractivity contribution in [2.75, 3.05) is 5.73 Å².